The number of amides is 1. The van der Waals surface area contributed by atoms with Crippen molar-refractivity contribution in [2.75, 3.05) is 38.3 Å². The summed E-state index contributed by atoms with van der Waals surface area (Å²) in [5, 5.41) is 2.84. The van der Waals surface area contributed by atoms with E-state index in [4.69, 9.17) is 10.5 Å². The summed E-state index contributed by atoms with van der Waals surface area (Å²) in [5.74, 6) is -0.934. The molecule has 0 aliphatic carbocycles. The molecule has 2 aromatic rings. The summed E-state index contributed by atoms with van der Waals surface area (Å²) in [4.78, 5) is 18.4. The number of nitrogens with two attached hydrogens (primary N) is 1. The van der Waals surface area contributed by atoms with Crippen LogP contribution in [0, 0.1) is 11.6 Å². The Morgan fingerprint density at radius 1 is 1.32 bits per heavy atom. The summed E-state index contributed by atoms with van der Waals surface area (Å²) in [6.45, 7) is 1.99. The van der Waals surface area contributed by atoms with E-state index in [1.165, 1.54) is 18.2 Å². The number of ether oxygens (including phenoxy) is 1. The molecule has 1 heterocycles. The maximum absolute atomic E-state index is 14.5. The molecular weight excluding hydrogens is 402 g/mol. The van der Waals surface area contributed by atoms with Gasteiger partial charge in [0.2, 0.25) is 0 Å². The Morgan fingerprint density at radius 2 is 2.03 bits per heavy atom. The van der Waals surface area contributed by atoms with Gasteiger partial charge in [-0.3, -0.25) is 9.79 Å². The van der Waals surface area contributed by atoms with Crippen molar-refractivity contribution in [3.8, 4) is 0 Å². The fourth-order valence-corrected chi connectivity index (χ4v) is 3.67. The third-order valence-corrected chi connectivity index (χ3v) is 5.27. The van der Waals surface area contributed by atoms with Crippen molar-refractivity contribution >= 4 is 23.0 Å². The maximum atomic E-state index is 14.5. The number of nitrogens with one attached hydrogen (secondary N) is 1. The van der Waals surface area contributed by atoms with Gasteiger partial charge >= 0.3 is 0 Å². The number of anilines is 2. The zero-order valence-corrected chi connectivity index (χ0v) is 17.8. The van der Waals surface area contributed by atoms with E-state index in [9.17, 15) is 13.6 Å². The molecule has 3 N–H and O–H groups in total. The van der Waals surface area contributed by atoms with Crippen molar-refractivity contribution in [2.45, 2.75) is 19.6 Å². The lowest BCUT2D eigenvalue weighted by atomic mass is 9.99. The van der Waals surface area contributed by atoms with Crippen LogP contribution in [0.15, 0.2) is 53.0 Å². The highest BCUT2D eigenvalue weighted by Crippen LogP contribution is 2.26. The zero-order chi connectivity index (χ0) is 22.5. The molecule has 6 nitrogen and oxygen atoms in total. The number of hydrogen-bond donors (Lipinski definition) is 2. The van der Waals surface area contributed by atoms with Gasteiger partial charge in [-0.15, -0.1) is 0 Å². The highest BCUT2D eigenvalue weighted by molar-refractivity contribution is 6.13. The highest BCUT2D eigenvalue weighted by atomic mass is 19.1. The number of allylic oxidation sites excluding steroid dienone is 1. The Labute approximate surface area is 180 Å². The fourth-order valence-electron chi connectivity index (χ4n) is 3.67. The first-order valence-corrected chi connectivity index (χ1v) is 9.95. The molecular formula is C23H26F2N4O2. The predicted octanol–water partition coefficient (Wildman–Crippen LogP) is 3.38. The molecule has 1 fully saturated rings. The van der Waals surface area contributed by atoms with Crippen molar-refractivity contribution in [3.63, 3.8) is 0 Å². The predicted molar refractivity (Wildman–Crippen MR) is 118 cm³/mol. The minimum absolute atomic E-state index is 0.0776. The SMILES string of the molecule is C/C=C(\C(=NC)c1ccc(F)cc1)C1OCC(=O)N1CCc1cc(N)c(NC)cc1F. The Morgan fingerprint density at radius 3 is 2.65 bits per heavy atom. The Balaban J connectivity index is 1.83. The highest BCUT2D eigenvalue weighted by Gasteiger charge is 2.36. The van der Waals surface area contributed by atoms with E-state index in [-0.39, 0.29) is 31.3 Å². The second-order valence-electron chi connectivity index (χ2n) is 7.10. The maximum Gasteiger partial charge on any atom is 0.250 e. The number of benzene rings is 2. The van der Waals surface area contributed by atoms with Crippen LogP contribution in [-0.4, -0.2) is 50.0 Å². The second kappa shape index (κ2) is 9.70. The van der Waals surface area contributed by atoms with Crippen LogP contribution in [0.1, 0.15) is 18.1 Å². The lowest BCUT2D eigenvalue weighted by Gasteiger charge is -2.26. The second-order valence-corrected chi connectivity index (χ2v) is 7.10. The van der Waals surface area contributed by atoms with Gasteiger partial charge in [0.05, 0.1) is 17.1 Å². The van der Waals surface area contributed by atoms with Gasteiger partial charge in [-0.1, -0.05) is 6.08 Å². The van der Waals surface area contributed by atoms with Crippen molar-refractivity contribution in [3.05, 3.63) is 70.8 Å². The molecule has 1 saturated heterocycles. The smallest absolute Gasteiger partial charge is 0.250 e. The van der Waals surface area contributed by atoms with E-state index in [1.807, 2.05) is 13.0 Å². The van der Waals surface area contributed by atoms with Gasteiger partial charge in [0.25, 0.3) is 5.91 Å². The molecule has 1 amide bonds. The van der Waals surface area contributed by atoms with Gasteiger partial charge in [-0.05, 0) is 55.3 Å². The Kier molecular flexibility index (Phi) is 7.02. The first-order valence-electron chi connectivity index (χ1n) is 9.95. The lowest BCUT2D eigenvalue weighted by molar-refractivity contribution is -0.127. The third-order valence-electron chi connectivity index (χ3n) is 5.27. The number of halogens is 2. The topological polar surface area (TPSA) is 80.0 Å². The van der Waals surface area contributed by atoms with Crippen LogP contribution in [0.2, 0.25) is 0 Å². The molecule has 1 unspecified atom stereocenters. The first-order chi connectivity index (χ1) is 14.9. The van der Waals surface area contributed by atoms with Gasteiger partial charge in [0.1, 0.15) is 18.2 Å². The summed E-state index contributed by atoms with van der Waals surface area (Å²) < 4.78 is 33.6. The molecule has 3 rings (SSSR count). The standard InChI is InChI=1S/C23H26F2N4O2/c1-4-17(22(28-3)14-5-7-16(24)8-6-14)23-29(21(30)13-31-23)10-9-15-11-19(26)20(27-2)12-18(15)25/h4-8,11-12,23,27H,9-10,13,26H2,1-3H3/b17-4+,28-22?. The lowest BCUT2D eigenvalue weighted by Crippen LogP contribution is -2.38. The fraction of sp³-hybridized carbons (Fsp3) is 0.304. The van der Waals surface area contributed by atoms with Crippen LogP contribution >= 0.6 is 0 Å². The number of carbonyl (C=O) groups excluding carboxylic acids is 1. The van der Waals surface area contributed by atoms with Crippen LogP contribution in [0.5, 0.6) is 0 Å². The molecule has 8 heteroatoms. The summed E-state index contributed by atoms with van der Waals surface area (Å²) in [6.07, 6.45) is 1.43. The molecule has 0 bridgehead atoms. The third kappa shape index (κ3) is 4.74. The number of rotatable bonds is 7. The normalized spacial score (nSPS) is 17.4. The summed E-state index contributed by atoms with van der Waals surface area (Å²) in [5.41, 5.74) is 9.31. The molecule has 0 spiro atoms. The minimum atomic E-state index is -0.668. The van der Waals surface area contributed by atoms with Crippen LogP contribution < -0.4 is 11.1 Å². The average Bonchev–Trinajstić information content (AvgIpc) is 3.13. The van der Waals surface area contributed by atoms with E-state index in [1.54, 1.807) is 37.2 Å². The monoisotopic (exact) mass is 428 g/mol. The van der Waals surface area contributed by atoms with Crippen LogP contribution in [0.3, 0.4) is 0 Å². The summed E-state index contributed by atoms with van der Waals surface area (Å²) in [7, 11) is 3.30. The van der Waals surface area contributed by atoms with E-state index < -0.39 is 12.0 Å². The van der Waals surface area contributed by atoms with E-state index >= 15 is 0 Å². The van der Waals surface area contributed by atoms with E-state index in [0.717, 1.165) is 0 Å². The van der Waals surface area contributed by atoms with Crippen molar-refractivity contribution in [1.29, 1.82) is 0 Å². The zero-order valence-electron chi connectivity index (χ0n) is 17.8. The average molecular weight is 428 g/mol. The van der Waals surface area contributed by atoms with Crippen LogP contribution in [-0.2, 0) is 16.0 Å². The molecule has 1 aliphatic heterocycles. The minimum Gasteiger partial charge on any atom is -0.397 e. The van der Waals surface area contributed by atoms with Crippen LogP contribution in [0.4, 0.5) is 20.2 Å². The number of nitrogen functional groups attached to an aromatic ring is 1. The number of aliphatic imine (C=N–C) groups is 1. The molecule has 31 heavy (non-hydrogen) atoms. The first kappa shape index (κ1) is 22.4. The quantitative estimate of drug-likeness (QED) is 0.523. The van der Waals surface area contributed by atoms with Crippen molar-refractivity contribution in [2.24, 2.45) is 4.99 Å². The molecule has 0 radical (unpaired) electrons. The molecule has 0 saturated carbocycles. The van der Waals surface area contributed by atoms with Crippen LogP contribution in [0.25, 0.3) is 0 Å². The van der Waals surface area contributed by atoms with E-state index in [2.05, 4.69) is 10.3 Å². The van der Waals surface area contributed by atoms with Gasteiger partial charge in [0, 0.05) is 31.8 Å². The number of nitrogens with zero attached hydrogens (tertiary/aromatic N) is 2. The Bertz CT molecular complexity index is 1020. The van der Waals surface area contributed by atoms with E-state index in [0.29, 0.717) is 33.8 Å². The van der Waals surface area contributed by atoms with Gasteiger partial charge in [-0.2, -0.15) is 0 Å². The van der Waals surface area contributed by atoms with Gasteiger partial charge in [-0.25, -0.2) is 8.78 Å². The molecule has 1 aliphatic rings. The van der Waals surface area contributed by atoms with Crippen molar-refractivity contribution in [1.82, 2.24) is 4.90 Å². The molecule has 0 aromatic heterocycles. The molecule has 1 atom stereocenters. The van der Waals surface area contributed by atoms with Crippen molar-refractivity contribution < 1.29 is 18.3 Å². The largest absolute Gasteiger partial charge is 0.397 e. The molecule has 2 aromatic carbocycles. The number of hydrogen-bond acceptors (Lipinski definition) is 5. The summed E-state index contributed by atoms with van der Waals surface area (Å²) >= 11 is 0. The Hall–Kier alpha value is -3.26. The van der Waals surface area contributed by atoms with Gasteiger partial charge < -0.3 is 20.7 Å². The molecule has 164 valence electrons. The summed E-state index contributed by atoms with van der Waals surface area (Å²) in [6, 6.07) is 8.89. The van der Waals surface area contributed by atoms with Gasteiger partial charge in [0.15, 0.2) is 6.23 Å². The number of carbonyl (C=O) groups is 1.